The van der Waals surface area contributed by atoms with E-state index in [2.05, 4.69) is 58.7 Å². The second kappa shape index (κ2) is 18.7. The Morgan fingerprint density at radius 1 is 0.909 bits per heavy atom. The number of carbonyl (C=O) groups excluding carboxylic acids is 1. The number of nitrogens with zero attached hydrogens (tertiary/aromatic N) is 1. The van der Waals surface area contributed by atoms with Crippen molar-refractivity contribution in [3.8, 4) is 11.5 Å². The Kier molecular flexibility index (Phi) is 14.0. The number of likely N-dealkylation sites (tertiary alicyclic amines) is 1. The predicted molar refractivity (Wildman–Crippen MR) is 173 cm³/mol. The Morgan fingerprint density at radius 2 is 1.61 bits per heavy atom. The third kappa shape index (κ3) is 11.0. The Bertz CT molecular complexity index is 1270. The van der Waals surface area contributed by atoms with E-state index in [1.807, 2.05) is 42.5 Å². The SMILES string of the molecule is COCCOCOc1ccc(C=CC=CC(=O)NCCN2CCC(OC(c3ccccc3)c3ccccc3)CC2)cc1OC. The molecule has 0 unspecified atom stereocenters. The minimum Gasteiger partial charge on any atom is -0.493 e. The quantitative estimate of drug-likeness (QED) is 0.0929. The van der Waals surface area contributed by atoms with Crippen molar-refractivity contribution in [2.75, 3.05) is 60.4 Å². The van der Waals surface area contributed by atoms with E-state index in [1.165, 1.54) is 17.2 Å². The van der Waals surface area contributed by atoms with Crippen molar-refractivity contribution in [3.05, 3.63) is 114 Å². The van der Waals surface area contributed by atoms with Gasteiger partial charge in [0.2, 0.25) is 5.91 Å². The molecule has 0 saturated carbocycles. The van der Waals surface area contributed by atoms with Gasteiger partial charge in [-0.05, 0) is 41.7 Å². The van der Waals surface area contributed by atoms with Gasteiger partial charge in [0.15, 0.2) is 18.3 Å². The van der Waals surface area contributed by atoms with Crippen LogP contribution >= 0.6 is 0 Å². The highest BCUT2D eigenvalue weighted by Gasteiger charge is 2.24. The summed E-state index contributed by atoms with van der Waals surface area (Å²) >= 11 is 0. The van der Waals surface area contributed by atoms with Crippen molar-refractivity contribution in [1.29, 1.82) is 0 Å². The Balaban J connectivity index is 1.15. The molecule has 3 aromatic rings. The molecule has 0 atom stereocenters. The molecular weight excluding hydrogens is 556 g/mol. The van der Waals surface area contributed by atoms with Gasteiger partial charge in [-0.1, -0.05) is 85.0 Å². The van der Waals surface area contributed by atoms with Gasteiger partial charge in [-0.3, -0.25) is 4.79 Å². The number of hydrogen-bond donors (Lipinski definition) is 1. The molecular formula is C36H44N2O6. The molecule has 8 heteroatoms. The molecule has 1 aliphatic heterocycles. The highest BCUT2D eigenvalue weighted by atomic mass is 16.7. The van der Waals surface area contributed by atoms with Gasteiger partial charge in [0.25, 0.3) is 0 Å². The number of allylic oxidation sites excluding steroid dienone is 2. The average molecular weight is 601 g/mol. The average Bonchev–Trinajstić information content (AvgIpc) is 3.07. The van der Waals surface area contributed by atoms with Gasteiger partial charge in [-0.15, -0.1) is 0 Å². The van der Waals surface area contributed by atoms with Crippen LogP contribution in [0.15, 0.2) is 97.1 Å². The smallest absolute Gasteiger partial charge is 0.244 e. The van der Waals surface area contributed by atoms with Crippen LogP contribution in [0.3, 0.4) is 0 Å². The molecule has 1 fully saturated rings. The number of amides is 1. The van der Waals surface area contributed by atoms with Crippen molar-refractivity contribution < 1.29 is 28.5 Å². The zero-order chi connectivity index (χ0) is 30.8. The van der Waals surface area contributed by atoms with Gasteiger partial charge < -0.3 is 33.9 Å². The van der Waals surface area contributed by atoms with Crippen LogP contribution in [-0.2, 0) is 19.0 Å². The zero-order valence-corrected chi connectivity index (χ0v) is 25.7. The van der Waals surface area contributed by atoms with E-state index in [-0.39, 0.29) is 24.9 Å². The first-order chi connectivity index (χ1) is 21.7. The third-order valence-corrected chi connectivity index (χ3v) is 7.36. The van der Waals surface area contributed by atoms with E-state index in [4.69, 9.17) is 23.7 Å². The molecule has 1 amide bonds. The first-order valence-electron chi connectivity index (χ1n) is 15.1. The minimum atomic E-state index is -0.115. The first kappa shape index (κ1) is 33.0. The lowest BCUT2D eigenvalue weighted by Crippen LogP contribution is -2.41. The second-order valence-electron chi connectivity index (χ2n) is 10.5. The van der Waals surface area contributed by atoms with E-state index in [1.54, 1.807) is 20.3 Å². The number of carbonyl (C=O) groups is 1. The summed E-state index contributed by atoms with van der Waals surface area (Å²) in [6, 6.07) is 26.5. The molecule has 234 valence electrons. The van der Waals surface area contributed by atoms with Crippen molar-refractivity contribution >= 4 is 12.0 Å². The highest BCUT2D eigenvalue weighted by molar-refractivity contribution is 5.87. The number of benzene rings is 3. The van der Waals surface area contributed by atoms with Crippen molar-refractivity contribution in [3.63, 3.8) is 0 Å². The summed E-state index contributed by atoms with van der Waals surface area (Å²) < 4.78 is 28.0. The lowest BCUT2D eigenvalue weighted by atomic mass is 10.00. The standard InChI is InChI=1S/C36H44N2O6/c1-40-25-26-42-28-43-33-18-17-29(27-34(33)41-2)11-9-10-16-35(39)37-21-24-38-22-19-32(20-23-38)44-36(30-12-5-3-6-13-30)31-14-7-4-8-15-31/h3-18,27,32,36H,19-26,28H2,1-2H3,(H,37,39). The second-order valence-corrected chi connectivity index (χ2v) is 10.5. The van der Waals surface area contributed by atoms with Crippen molar-refractivity contribution in [2.45, 2.75) is 25.0 Å². The van der Waals surface area contributed by atoms with Crippen LogP contribution in [0.1, 0.15) is 35.6 Å². The van der Waals surface area contributed by atoms with Crippen molar-refractivity contribution in [2.24, 2.45) is 0 Å². The van der Waals surface area contributed by atoms with Gasteiger partial charge in [0.1, 0.15) is 6.10 Å². The van der Waals surface area contributed by atoms with E-state index in [0.29, 0.717) is 31.3 Å². The molecule has 0 aliphatic carbocycles. The van der Waals surface area contributed by atoms with Crippen LogP contribution in [0.4, 0.5) is 0 Å². The maximum absolute atomic E-state index is 12.3. The molecule has 3 aromatic carbocycles. The van der Waals surface area contributed by atoms with Crippen LogP contribution in [0.2, 0.25) is 0 Å². The topological polar surface area (TPSA) is 78.5 Å². The molecule has 8 nitrogen and oxygen atoms in total. The monoisotopic (exact) mass is 600 g/mol. The maximum Gasteiger partial charge on any atom is 0.244 e. The normalized spacial score (nSPS) is 14.4. The van der Waals surface area contributed by atoms with Crippen LogP contribution < -0.4 is 14.8 Å². The van der Waals surface area contributed by atoms with E-state index in [0.717, 1.165) is 38.0 Å². The maximum atomic E-state index is 12.3. The van der Waals surface area contributed by atoms with Gasteiger partial charge in [-0.25, -0.2) is 0 Å². The largest absolute Gasteiger partial charge is 0.493 e. The number of nitrogens with one attached hydrogen (secondary N) is 1. The van der Waals surface area contributed by atoms with Gasteiger partial charge in [-0.2, -0.15) is 0 Å². The highest BCUT2D eigenvalue weighted by Crippen LogP contribution is 2.30. The molecule has 44 heavy (non-hydrogen) atoms. The van der Waals surface area contributed by atoms with Crippen LogP contribution in [0.5, 0.6) is 11.5 Å². The molecule has 1 aliphatic rings. The Labute approximate surface area is 261 Å². The van der Waals surface area contributed by atoms with E-state index in [9.17, 15) is 4.79 Å². The Morgan fingerprint density at radius 3 is 2.27 bits per heavy atom. The van der Waals surface area contributed by atoms with Crippen LogP contribution in [0, 0.1) is 0 Å². The number of rotatable bonds is 17. The van der Waals surface area contributed by atoms with Crippen LogP contribution in [0.25, 0.3) is 6.08 Å². The summed E-state index contributed by atoms with van der Waals surface area (Å²) in [5.41, 5.74) is 3.27. The summed E-state index contributed by atoms with van der Waals surface area (Å²) in [5, 5.41) is 2.98. The number of ether oxygens (including phenoxy) is 5. The number of methoxy groups -OCH3 is 2. The summed E-state index contributed by atoms with van der Waals surface area (Å²) in [6.07, 6.45) is 9.06. The summed E-state index contributed by atoms with van der Waals surface area (Å²) in [6.45, 7) is 4.39. The fourth-order valence-corrected chi connectivity index (χ4v) is 4.99. The fourth-order valence-electron chi connectivity index (χ4n) is 4.99. The molecule has 0 bridgehead atoms. The lowest BCUT2D eigenvalue weighted by Gasteiger charge is -2.34. The number of piperidine rings is 1. The van der Waals surface area contributed by atoms with Crippen molar-refractivity contribution in [1.82, 2.24) is 10.2 Å². The first-order valence-corrected chi connectivity index (χ1v) is 15.1. The fraction of sp³-hybridized carbons (Fsp3) is 0.361. The summed E-state index contributed by atoms with van der Waals surface area (Å²) in [5.74, 6) is 1.08. The number of hydrogen-bond acceptors (Lipinski definition) is 7. The minimum absolute atomic E-state index is 0.0686. The molecule has 0 spiro atoms. The molecule has 0 aromatic heterocycles. The van der Waals surface area contributed by atoms with Crippen LogP contribution in [-0.4, -0.2) is 77.3 Å². The van der Waals surface area contributed by atoms with Gasteiger partial charge >= 0.3 is 0 Å². The lowest BCUT2D eigenvalue weighted by molar-refractivity contribution is -0.116. The zero-order valence-electron chi connectivity index (χ0n) is 25.7. The third-order valence-electron chi connectivity index (χ3n) is 7.36. The van der Waals surface area contributed by atoms with E-state index >= 15 is 0 Å². The molecule has 1 saturated heterocycles. The summed E-state index contributed by atoms with van der Waals surface area (Å²) in [4.78, 5) is 14.7. The molecule has 1 heterocycles. The Hall–Kier alpha value is -3.95. The molecule has 1 N–H and O–H groups in total. The summed E-state index contributed by atoms with van der Waals surface area (Å²) in [7, 11) is 3.21. The van der Waals surface area contributed by atoms with Gasteiger partial charge in [0.05, 0.1) is 26.4 Å². The van der Waals surface area contributed by atoms with E-state index < -0.39 is 0 Å². The molecule has 0 radical (unpaired) electrons. The van der Waals surface area contributed by atoms with Gasteiger partial charge in [0, 0.05) is 39.4 Å². The predicted octanol–water partition coefficient (Wildman–Crippen LogP) is 5.65. The molecule has 4 rings (SSSR count).